The molecule has 0 radical (unpaired) electrons. The van der Waals surface area contributed by atoms with Gasteiger partial charge in [-0.3, -0.25) is 9.05 Å². The first-order chi connectivity index (χ1) is 27.2. The summed E-state index contributed by atoms with van der Waals surface area (Å²) < 4.78 is 42.8. The third-order valence-electron chi connectivity index (χ3n) is 10.2. The van der Waals surface area contributed by atoms with E-state index in [1.54, 1.807) is 36.4 Å². The Hall–Kier alpha value is -3.43. The number of nitrogen functional groups attached to an aromatic ring is 1. The van der Waals surface area contributed by atoms with Crippen molar-refractivity contribution in [3.63, 3.8) is 0 Å². The summed E-state index contributed by atoms with van der Waals surface area (Å²) in [6.07, 6.45) is 18.7. The average molecular weight is 797 g/mol. The number of hydrogen-bond donors (Lipinski definition) is 3. The van der Waals surface area contributed by atoms with Crippen molar-refractivity contribution in [1.29, 1.82) is 10.5 Å². The molecule has 3 heterocycles. The Morgan fingerprint density at radius 1 is 0.929 bits per heavy atom. The summed E-state index contributed by atoms with van der Waals surface area (Å²) in [6, 6.07) is 14.4. The predicted octanol–water partition coefficient (Wildman–Crippen LogP) is 8.05. The molecule has 1 saturated heterocycles. The van der Waals surface area contributed by atoms with Gasteiger partial charge in [-0.15, -0.1) is 0 Å². The molecule has 56 heavy (non-hydrogen) atoms. The number of nitrogens with two attached hydrogens (primary N) is 1. The van der Waals surface area contributed by atoms with Crippen molar-refractivity contribution >= 4 is 19.2 Å². The van der Waals surface area contributed by atoms with E-state index in [9.17, 15) is 19.8 Å². The maximum absolute atomic E-state index is 13.0. The van der Waals surface area contributed by atoms with Gasteiger partial charge in [0.15, 0.2) is 11.4 Å². The van der Waals surface area contributed by atoms with Gasteiger partial charge in [0.1, 0.15) is 30.1 Å². The molecule has 1 fully saturated rings. The smallest absolute Gasteiger partial charge is 0.390 e. The highest BCUT2D eigenvalue weighted by molar-refractivity contribution is 7.47. The molecule has 4 rings (SSSR count). The Bertz CT molecular complexity index is 1710. The Labute approximate surface area is 331 Å². The number of aliphatic hydroxyl groups excluding tert-OH is 1. The number of aromatic nitrogens is 3. The zero-order chi connectivity index (χ0) is 40.1. The standard InChI is InChI=1S/C41H61N6O8P/c1-2-3-4-5-6-7-8-9-10-11-12-13-14-15-16-17-24-51-28-35(52-27-34-20-18-33(26-42)19-21-34)29-53-56(49,50)54-30-38-37(48)25-41(31-43,55-38)39-23-22-36-40(44)45-32-46-47(36)39/h18-23,32,35,37-38,48H,2-17,24-25,27-30H2,1H3,(H,49,50)(H2,44,45,46)/t35-,37+,38-,41+/m1/s1. The number of phosphoric acid groups is 1. The zero-order valence-electron chi connectivity index (χ0n) is 32.9. The third kappa shape index (κ3) is 14.8. The molecule has 0 spiro atoms. The minimum absolute atomic E-state index is 0.128. The van der Waals surface area contributed by atoms with Crippen molar-refractivity contribution in [2.45, 2.75) is 147 Å². The van der Waals surface area contributed by atoms with Gasteiger partial charge >= 0.3 is 7.82 Å². The van der Waals surface area contributed by atoms with Gasteiger partial charge in [0.25, 0.3) is 0 Å². The molecule has 15 heteroatoms. The van der Waals surface area contributed by atoms with Gasteiger partial charge in [0.05, 0.1) is 49.9 Å². The van der Waals surface area contributed by atoms with Gasteiger partial charge in [-0.1, -0.05) is 115 Å². The van der Waals surface area contributed by atoms with E-state index in [1.165, 1.54) is 94.3 Å². The first-order valence-corrected chi connectivity index (χ1v) is 21.9. The first-order valence-electron chi connectivity index (χ1n) is 20.4. The van der Waals surface area contributed by atoms with Crippen molar-refractivity contribution in [2.24, 2.45) is 0 Å². The van der Waals surface area contributed by atoms with Crippen LogP contribution in [0.4, 0.5) is 5.82 Å². The van der Waals surface area contributed by atoms with Crippen LogP contribution in [0.25, 0.3) is 5.52 Å². The minimum atomic E-state index is -4.65. The van der Waals surface area contributed by atoms with Gasteiger partial charge in [0, 0.05) is 13.0 Å². The van der Waals surface area contributed by atoms with Crippen LogP contribution in [0.2, 0.25) is 0 Å². The van der Waals surface area contributed by atoms with Gasteiger partial charge in [-0.25, -0.2) is 14.1 Å². The van der Waals surface area contributed by atoms with Crippen molar-refractivity contribution in [2.75, 3.05) is 32.2 Å². The summed E-state index contributed by atoms with van der Waals surface area (Å²) in [5.74, 6) is 0.209. The lowest BCUT2D eigenvalue weighted by Crippen LogP contribution is -2.29. The lowest BCUT2D eigenvalue weighted by Gasteiger charge is -2.23. The Morgan fingerprint density at radius 3 is 2.16 bits per heavy atom. The number of rotatable bonds is 29. The number of phosphoric ester groups is 1. The number of benzene rings is 1. The lowest BCUT2D eigenvalue weighted by molar-refractivity contribution is -0.0629. The fourth-order valence-corrected chi connectivity index (χ4v) is 7.66. The highest BCUT2D eigenvalue weighted by atomic mass is 31.2. The minimum Gasteiger partial charge on any atom is -0.390 e. The average Bonchev–Trinajstić information content (AvgIpc) is 3.80. The van der Waals surface area contributed by atoms with E-state index in [0.717, 1.165) is 24.8 Å². The van der Waals surface area contributed by atoms with E-state index in [4.69, 9.17) is 34.3 Å². The van der Waals surface area contributed by atoms with E-state index in [1.807, 2.05) is 0 Å². The van der Waals surface area contributed by atoms with Gasteiger partial charge < -0.3 is 29.9 Å². The van der Waals surface area contributed by atoms with Crippen LogP contribution in [-0.2, 0) is 40.0 Å². The summed E-state index contributed by atoms with van der Waals surface area (Å²) >= 11 is 0. The Kier molecular flexibility index (Phi) is 19.7. The third-order valence-corrected chi connectivity index (χ3v) is 11.1. The molecular weight excluding hydrogens is 735 g/mol. The molecule has 4 N–H and O–H groups in total. The van der Waals surface area contributed by atoms with Gasteiger partial charge in [-0.05, 0) is 36.2 Å². The molecule has 3 aromatic rings. The van der Waals surface area contributed by atoms with Crippen LogP contribution in [0.15, 0.2) is 42.7 Å². The molecule has 2 aromatic heterocycles. The fraction of sp³-hybridized carbons (Fsp3) is 0.659. The highest BCUT2D eigenvalue weighted by Crippen LogP contribution is 2.46. The van der Waals surface area contributed by atoms with Crippen LogP contribution < -0.4 is 5.73 Å². The first kappa shape index (κ1) is 45.3. The van der Waals surface area contributed by atoms with Gasteiger partial charge in [-0.2, -0.15) is 15.6 Å². The van der Waals surface area contributed by atoms with Gasteiger partial charge in [0.2, 0.25) is 0 Å². The zero-order valence-corrected chi connectivity index (χ0v) is 33.8. The van der Waals surface area contributed by atoms with Crippen molar-refractivity contribution < 1.29 is 37.8 Å². The molecule has 0 bridgehead atoms. The van der Waals surface area contributed by atoms with Crippen molar-refractivity contribution in [3.05, 3.63) is 59.5 Å². The van der Waals surface area contributed by atoms with E-state index in [0.29, 0.717) is 23.4 Å². The number of aliphatic hydroxyl groups is 1. The lowest BCUT2D eigenvalue weighted by atomic mass is 9.96. The molecule has 1 aliphatic rings. The molecule has 1 unspecified atom stereocenters. The number of unbranched alkanes of at least 4 members (excludes halogenated alkanes) is 15. The molecule has 0 aliphatic carbocycles. The summed E-state index contributed by atoms with van der Waals surface area (Å²) in [5, 5.41) is 34.2. The Balaban J connectivity index is 1.16. The van der Waals surface area contributed by atoms with Crippen LogP contribution in [0, 0.1) is 22.7 Å². The number of fused-ring (bicyclic) bond motifs is 1. The number of ether oxygens (including phenoxy) is 3. The van der Waals surface area contributed by atoms with Crippen LogP contribution >= 0.6 is 7.82 Å². The quantitative estimate of drug-likeness (QED) is 0.0449. The fourth-order valence-electron chi connectivity index (χ4n) is 6.89. The van der Waals surface area contributed by atoms with E-state index in [2.05, 4.69) is 29.1 Å². The van der Waals surface area contributed by atoms with E-state index < -0.39 is 38.3 Å². The van der Waals surface area contributed by atoms with Crippen LogP contribution in [-0.4, -0.2) is 69.3 Å². The number of anilines is 1. The van der Waals surface area contributed by atoms with Crippen molar-refractivity contribution in [1.82, 2.24) is 14.6 Å². The molecule has 14 nitrogen and oxygen atoms in total. The number of nitrogens with zero attached hydrogens (tertiary/aromatic N) is 5. The van der Waals surface area contributed by atoms with E-state index >= 15 is 0 Å². The molecule has 308 valence electrons. The normalized spacial score (nSPS) is 19.8. The summed E-state index contributed by atoms with van der Waals surface area (Å²) in [5.41, 5.74) is 6.46. The molecule has 5 atom stereocenters. The monoisotopic (exact) mass is 796 g/mol. The molecule has 0 amide bonds. The van der Waals surface area contributed by atoms with E-state index in [-0.39, 0.29) is 32.1 Å². The Morgan fingerprint density at radius 2 is 1.55 bits per heavy atom. The maximum Gasteiger partial charge on any atom is 0.472 e. The molecule has 1 aromatic carbocycles. The second-order valence-electron chi connectivity index (χ2n) is 14.7. The predicted molar refractivity (Wildman–Crippen MR) is 212 cm³/mol. The number of hydrogen-bond acceptors (Lipinski definition) is 12. The summed E-state index contributed by atoms with van der Waals surface area (Å²) in [7, 11) is -4.65. The second kappa shape index (κ2) is 24.4. The largest absolute Gasteiger partial charge is 0.472 e. The highest BCUT2D eigenvalue weighted by Gasteiger charge is 2.50. The van der Waals surface area contributed by atoms with Crippen LogP contribution in [0.3, 0.4) is 0 Å². The molecule has 1 aliphatic heterocycles. The second-order valence-corrected chi connectivity index (χ2v) is 16.2. The van der Waals surface area contributed by atoms with Crippen LogP contribution in [0.1, 0.15) is 133 Å². The summed E-state index contributed by atoms with van der Waals surface area (Å²) in [6.45, 7) is 2.25. The molecular formula is C41H61N6O8P. The molecule has 0 saturated carbocycles. The maximum atomic E-state index is 13.0. The van der Waals surface area contributed by atoms with Crippen molar-refractivity contribution in [3.8, 4) is 12.1 Å². The topological polar surface area (TPSA) is 207 Å². The SMILES string of the molecule is CCCCCCCCCCCCCCCCCCOC[C@H](COP(=O)(O)OC[C@H]1O[C@@](C#N)(c2ccc3c(N)ncnn23)C[C@@H]1O)OCc1ccc(C#N)cc1. The van der Waals surface area contributed by atoms with Crippen LogP contribution in [0.5, 0.6) is 0 Å². The summed E-state index contributed by atoms with van der Waals surface area (Å²) in [4.78, 5) is 14.5. The number of nitriles is 2.